The summed E-state index contributed by atoms with van der Waals surface area (Å²) in [6, 6.07) is 24.6. The van der Waals surface area contributed by atoms with Crippen LogP contribution in [0.5, 0.6) is 17.2 Å². The van der Waals surface area contributed by atoms with E-state index in [0.717, 1.165) is 19.3 Å². The van der Waals surface area contributed by atoms with Crippen LogP contribution in [0.15, 0.2) is 95.4 Å². The van der Waals surface area contributed by atoms with Crippen LogP contribution in [0.25, 0.3) is 11.3 Å². The van der Waals surface area contributed by atoms with Gasteiger partial charge in [0.2, 0.25) is 12.3 Å². The van der Waals surface area contributed by atoms with Crippen LogP contribution < -0.4 is 29.7 Å². The van der Waals surface area contributed by atoms with Crippen molar-refractivity contribution in [3.63, 3.8) is 0 Å². The van der Waals surface area contributed by atoms with Gasteiger partial charge in [-0.2, -0.15) is 0 Å². The summed E-state index contributed by atoms with van der Waals surface area (Å²) in [5.74, 6) is -0.323. The molecule has 3 aromatic carbocycles. The molecule has 0 saturated carbocycles. The zero-order valence-corrected chi connectivity index (χ0v) is 29.3. The standard InChI is InChI=1S/C37H44N3O9P/c1-4-7-10-19-32(33(5-2)40(44)26-41)36(42)38-25-39-37(43)35-21-20-34(47-35)27-22-30(46-6-3)24-31(23-27)50(45,48-28-15-11-8-12-16-28)49-29-17-13-9-14-18-29/h8-9,11-18,20-24,26,32-33,44H,4-7,10,19,25H2,1-3H3,(H,38,42)(H,39,43)/t32-,33-/m1/s1. The van der Waals surface area contributed by atoms with E-state index >= 15 is 0 Å². The number of hydrogen-bond donors (Lipinski definition) is 3. The van der Waals surface area contributed by atoms with Gasteiger partial charge in [0.1, 0.15) is 23.0 Å². The lowest BCUT2D eigenvalue weighted by molar-refractivity contribution is -0.168. The number of amides is 3. The van der Waals surface area contributed by atoms with Crippen LogP contribution in [0.4, 0.5) is 0 Å². The molecule has 50 heavy (non-hydrogen) atoms. The van der Waals surface area contributed by atoms with Gasteiger partial charge in [0.25, 0.3) is 5.91 Å². The Morgan fingerprint density at radius 1 is 0.880 bits per heavy atom. The molecule has 1 heterocycles. The highest BCUT2D eigenvalue weighted by Crippen LogP contribution is 2.49. The number of rotatable bonds is 20. The first kappa shape index (κ1) is 37.8. The molecule has 0 aliphatic rings. The third-order valence-electron chi connectivity index (χ3n) is 7.87. The van der Waals surface area contributed by atoms with Crippen molar-refractivity contribution in [3.05, 3.63) is 96.8 Å². The van der Waals surface area contributed by atoms with Crippen molar-refractivity contribution in [2.75, 3.05) is 13.3 Å². The van der Waals surface area contributed by atoms with Gasteiger partial charge in [-0.05, 0) is 74.4 Å². The maximum atomic E-state index is 14.6. The first-order valence-electron chi connectivity index (χ1n) is 16.7. The van der Waals surface area contributed by atoms with Crippen LogP contribution in [-0.4, -0.2) is 47.8 Å². The van der Waals surface area contributed by atoms with E-state index in [1.165, 1.54) is 6.07 Å². The molecule has 13 heteroatoms. The first-order chi connectivity index (χ1) is 24.2. The molecule has 0 spiro atoms. The van der Waals surface area contributed by atoms with Crippen LogP contribution in [0.1, 0.15) is 63.4 Å². The van der Waals surface area contributed by atoms with Crippen molar-refractivity contribution in [1.82, 2.24) is 15.7 Å². The highest BCUT2D eigenvalue weighted by Gasteiger charge is 2.34. The summed E-state index contributed by atoms with van der Waals surface area (Å²) in [6.45, 7) is 5.76. The van der Waals surface area contributed by atoms with Gasteiger partial charge in [-0.1, -0.05) is 69.5 Å². The molecule has 0 radical (unpaired) electrons. The van der Waals surface area contributed by atoms with Crippen LogP contribution in [-0.2, 0) is 14.2 Å². The fourth-order valence-corrected chi connectivity index (χ4v) is 7.02. The summed E-state index contributed by atoms with van der Waals surface area (Å²) in [4.78, 5) is 37.4. The van der Waals surface area contributed by atoms with Crippen LogP contribution in [0.2, 0.25) is 0 Å². The lowest BCUT2D eigenvalue weighted by Crippen LogP contribution is -2.47. The normalized spacial score (nSPS) is 12.3. The minimum absolute atomic E-state index is 0.0321. The highest BCUT2D eigenvalue weighted by atomic mass is 31.2. The zero-order valence-electron chi connectivity index (χ0n) is 28.4. The van der Waals surface area contributed by atoms with Gasteiger partial charge in [0.15, 0.2) is 5.76 Å². The van der Waals surface area contributed by atoms with Crippen molar-refractivity contribution in [3.8, 4) is 28.6 Å². The van der Waals surface area contributed by atoms with Gasteiger partial charge in [0, 0.05) is 5.56 Å². The van der Waals surface area contributed by atoms with Crippen LogP contribution >= 0.6 is 7.60 Å². The van der Waals surface area contributed by atoms with Gasteiger partial charge in [-0.15, -0.1) is 0 Å². The minimum Gasteiger partial charge on any atom is -0.494 e. The second kappa shape index (κ2) is 18.6. The number of nitrogens with one attached hydrogen (secondary N) is 2. The Bertz CT molecular complexity index is 1690. The van der Waals surface area contributed by atoms with Crippen molar-refractivity contribution in [1.29, 1.82) is 0 Å². The van der Waals surface area contributed by atoms with Gasteiger partial charge < -0.3 is 28.8 Å². The van der Waals surface area contributed by atoms with E-state index in [1.54, 1.807) is 79.7 Å². The second-order valence-corrected chi connectivity index (χ2v) is 13.3. The largest absolute Gasteiger partial charge is 0.494 e. The molecule has 12 nitrogen and oxygen atoms in total. The van der Waals surface area contributed by atoms with Crippen molar-refractivity contribution < 1.29 is 42.4 Å². The molecule has 4 aromatic rings. The molecule has 4 rings (SSSR count). The van der Waals surface area contributed by atoms with E-state index in [1.807, 2.05) is 26.0 Å². The topological polar surface area (TPSA) is 157 Å². The number of furan rings is 1. The van der Waals surface area contributed by atoms with Crippen molar-refractivity contribution >= 4 is 31.1 Å². The molecule has 0 bridgehead atoms. The maximum absolute atomic E-state index is 14.6. The average molecular weight is 706 g/mol. The fourth-order valence-electron chi connectivity index (χ4n) is 5.39. The SMILES string of the molecule is CCCCC[C@@H](C(=O)NCNC(=O)c1ccc(-c2cc(OCC)cc(P(=O)(Oc3ccccc3)Oc3ccccc3)c2)o1)[C@@H](CC)N(O)C=O. The summed E-state index contributed by atoms with van der Waals surface area (Å²) >= 11 is 0. The quantitative estimate of drug-likeness (QED) is 0.0221. The number of hydroxylamine groups is 2. The Labute approximate surface area is 292 Å². The molecule has 2 atom stereocenters. The van der Waals surface area contributed by atoms with Gasteiger partial charge in [-0.25, -0.2) is 9.63 Å². The number of hydrogen-bond acceptors (Lipinski definition) is 9. The molecule has 0 unspecified atom stereocenters. The zero-order chi connectivity index (χ0) is 35.9. The monoisotopic (exact) mass is 705 g/mol. The maximum Gasteiger partial charge on any atom is 0.462 e. The smallest absolute Gasteiger partial charge is 0.462 e. The molecular weight excluding hydrogens is 661 g/mol. The molecule has 3 amide bonds. The van der Waals surface area contributed by atoms with Gasteiger partial charge in [-0.3, -0.25) is 19.6 Å². The summed E-state index contributed by atoms with van der Waals surface area (Å²) in [6.07, 6.45) is 3.74. The average Bonchev–Trinajstić information content (AvgIpc) is 3.63. The van der Waals surface area contributed by atoms with E-state index in [-0.39, 0.29) is 23.5 Å². The Balaban J connectivity index is 1.53. The minimum atomic E-state index is -4.06. The summed E-state index contributed by atoms with van der Waals surface area (Å²) in [5.41, 5.74) is 0.455. The van der Waals surface area contributed by atoms with Crippen LogP contribution in [0, 0.1) is 5.92 Å². The predicted molar refractivity (Wildman–Crippen MR) is 189 cm³/mol. The number of carbonyl (C=O) groups excluding carboxylic acids is 3. The third-order valence-corrected chi connectivity index (χ3v) is 9.66. The molecular formula is C37H44N3O9P. The van der Waals surface area contributed by atoms with Gasteiger partial charge >= 0.3 is 7.60 Å². The van der Waals surface area contributed by atoms with E-state index in [0.29, 0.717) is 53.7 Å². The Kier molecular flexibility index (Phi) is 14.1. The molecule has 0 fully saturated rings. The van der Waals surface area contributed by atoms with E-state index < -0.39 is 31.4 Å². The predicted octanol–water partition coefficient (Wildman–Crippen LogP) is 6.95. The Morgan fingerprint density at radius 3 is 2.12 bits per heavy atom. The van der Waals surface area contributed by atoms with E-state index in [2.05, 4.69) is 10.6 Å². The fraction of sp³-hybridized carbons (Fsp3) is 0.324. The third kappa shape index (κ3) is 10.2. The Morgan fingerprint density at radius 2 is 1.54 bits per heavy atom. The second-order valence-electron chi connectivity index (χ2n) is 11.4. The summed E-state index contributed by atoms with van der Waals surface area (Å²) in [5, 5.41) is 16.1. The number of carbonyl (C=O) groups is 3. The lowest BCUT2D eigenvalue weighted by atomic mass is 9.90. The summed E-state index contributed by atoms with van der Waals surface area (Å²) in [7, 11) is -4.06. The van der Waals surface area contributed by atoms with Crippen molar-refractivity contribution in [2.45, 2.75) is 58.9 Å². The molecule has 1 aromatic heterocycles. The van der Waals surface area contributed by atoms with Crippen LogP contribution in [0.3, 0.4) is 0 Å². The number of para-hydroxylation sites is 2. The number of nitrogens with zero attached hydrogens (tertiary/aromatic N) is 1. The molecule has 0 saturated heterocycles. The number of unbranched alkanes of at least 4 members (excludes halogenated alkanes) is 2. The number of benzene rings is 3. The molecule has 266 valence electrons. The lowest BCUT2D eigenvalue weighted by Gasteiger charge is -2.29. The number of ether oxygens (including phenoxy) is 1. The van der Waals surface area contributed by atoms with E-state index in [4.69, 9.17) is 18.2 Å². The molecule has 0 aliphatic heterocycles. The first-order valence-corrected chi connectivity index (χ1v) is 18.2. The molecule has 0 aliphatic carbocycles. The van der Waals surface area contributed by atoms with Gasteiger partial charge in [0.05, 0.1) is 30.5 Å². The summed E-state index contributed by atoms with van der Waals surface area (Å²) < 4.78 is 38.3. The van der Waals surface area contributed by atoms with Crippen molar-refractivity contribution in [2.24, 2.45) is 5.92 Å². The molecule has 3 N–H and O–H groups in total. The highest BCUT2D eigenvalue weighted by molar-refractivity contribution is 7.63. The Hall–Kier alpha value is -5.06. The van der Waals surface area contributed by atoms with E-state index in [9.17, 15) is 24.2 Å².